The van der Waals surface area contributed by atoms with Gasteiger partial charge in [-0.25, -0.2) is 15.0 Å². The SMILES string of the molecule is CC(N)Cc1ccnc(-c2ncc(Cl)cc2Cl)n1. The van der Waals surface area contributed by atoms with E-state index < -0.39 is 0 Å². The molecule has 2 rings (SSSR count). The number of aromatic nitrogens is 3. The van der Waals surface area contributed by atoms with Crippen molar-refractivity contribution in [2.75, 3.05) is 0 Å². The molecule has 2 aromatic rings. The molecule has 0 bridgehead atoms. The second-order valence-corrected chi connectivity index (χ2v) is 4.88. The molecule has 0 saturated carbocycles. The van der Waals surface area contributed by atoms with Crippen molar-refractivity contribution in [3.63, 3.8) is 0 Å². The summed E-state index contributed by atoms with van der Waals surface area (Å²) in [5.41, 5.74) is 7.13. The second kappa shape index (κ2) is 5.61. The zero-order chi connectivity index (χ0) is 13.1. The van der Waals surface area contributed by atoms with E-state index in [4.69, 9.17) is 28.9 Å². The smallest absolute Gasteiger partial charge is 0.179 e. The Morgan fingerprint density at radius 2 is 2.11 bits per heavy atom. The second-order valence-electron chi connectivity index (χ2n) is 4.04. The molecule has 0 aliphatic carbocycles. The largest absolute Gasteiger partial charge is 0.328 e. The molecule has 0 radical (unpaired) electrons. The first kappa shape index (κ1) is 13.2. The molecule has 0 amide bonds. The van der Waals surface area contributed by atoms with Gasteiger partial charge >= 0.3 is 0 Å². The van der Waals surface area contributed by atoms with Crippen molar-refractivity contribution in [2.45, 2.75) is 19.4 Å². The highest BCUT2D eigenvalue weighted by atomic mass is 35.5. The monoisotopic (exact) mass is 282 g/mol. The van der Waals surface area contributed by atoms with Gasteiger partial charge < -0.3 is 5.73 Å². The number of hydrogen-bond acceptors (Lipinski definition) is 4. The molecule has 4 nitrogen and oxygen atoms in total. The molecule has 0 aliphatic rings. The summed E-state index contributed by atoms with van der Waals surface area (Å²) in [5.74, 6) is 0.481. The van der Waals surface area contributed by atoms with Crippen molar-refractivity contribution < 1.29 is 0 Å². The van der Waals surface area contributed by atoms with Gasteiger partial charge in [-0.2, -0.15) is 0 Å². The van der Waals surface area contributed by atoms with Gasteiger partial charge in [0, 0.05) is 30.6 Å². The number of nitrogens with zero attached hydrogens (tertiary/aromatic N) is 3. The molecule has 0 fully saturated rings. The quantitative estimate of drug-likeness (QED) is 0.940. The summed E-state index contributed by atoms with van der Waals surface area (Å²) in [7, 11) is 0. The molecule has 0 aliphatic heterocycles. The highest BCUT2D eigenvalue weighted by Crippen LogP contribution is 2.25. The van der Waals surface area contributed by atoms with Gasteiger partial charge in [0.15, 0.2) is 5.82 Å². The maximum Gasteiger partial charge on any atom is 0.179 e. The standard InChI is InChI=1S/C12H12Cl2N4/c1-7(15)4-9-2-3-16-12(18-9)11-10(14)5-8(13)6-17-11/h2-3,5-7H,4,15H2,1H3. The number of halogens is 2. The molecule has 94 valence electrons. The summed E-state index contributed by atoms with van der Waals surface area (Å²) in [6.45, 7) is 1.93. The highest BCUT2D eigenvalue weighted by Gasteiger charge is 2.10. The molecule has 2 heterocycles. The van der Waals surface area contributed by atoms with Crippen LogP contribution in [-0.2, 0) is 6.42 Å². The normalized spacial score (nSPS) is 12.4. The van der Waals surface area contributed by atoms with Crippen molar-refractivity contribution in [1.29, 1.82) is 0 Å². The van der Waals surface area contributed by atoms with Gasteiger partial charge in [0.2, 0.25) is 0 Å². The summed E-state index contributed by atoms with van der Waals surface area (Å²) in [6.07, 6.45) is 3.87. The fourth-order valence-electron chi connectivity index (χ4n) is 1.53. The van der Waals surface area contributed by atoms with E-state index in [-0.39, 0.29) is 6.04 Å². The topological polar surface area (TPSA) is 64.7 Å². The fourth-order valence-corrected chi connectivity index (χ4v) is 2.00. The third kappa shape index (κ3) is 3.16. The Bertz CT molecular complexity index is 558. The van der Waals surface area contributed by atoms with Gasteiger partial charge in [0.05, 0.1) is 10.0 Å². The van der Waals surface area contributed by atoms with E-state index in [1.54, 1.807) is 12.3 Å². The van der Waals surface area contributed by atoms with Crippen LogP contribution in [0.4, 0.5) is 0 Å². The summed E-state index contributed by atoms with van der Waals surface area (Å²) < 4.78 is 0. The molecule has 6 heteroatoms. The van der Waals surface area contributed by atoms with E-state index in [9.17, 15) is 0 Å². The molecule has 2 aromatic heterocycles. The van der Waals surface area contributed by atoms with Crippen LogP contribution in [0.15, 0.2) is 24.5 Å². The van der Waals surface area contributed by atoms with Crippen LogP contribution >= 0.6 is 23.2 Å². The lowest BCUT2D eigenvalue weighted by atomic mass is 10.2. The highest BCUT2D eigenvalue weighted by molar-refractivity contribution is 6.35. The first-order chi connectivity index (χ1) is 8.56. The molecule has 0 saturated heterocycles. The lowest BCUT2D eigenvalue weighted by molar-refractivity contribution is 0.720. The minimum absolute atomic E-state index is 0.0430. The van der Waals surface area contributed by atoms with Gasteiger partial charge in [-0.15, -0.1) is 0 Å². The molecule has 2 N–H and O–H groups in total. The average molecular weight is 283 g/mol. The Hall–Kier alpha value is -1.23. The molecule has 18 heavy (non-hydrogen) atoms. The van der Waals surface area contributed by atoms with Gasteiger partial charge in [-0.3, -0.25) is 0 Å². The van der Waals surface area contributed by atoms with E-state index in [0.29, 0.717) is 28.0 Å². The average Bonchev–Trinajstić information content (AvgIpc) is 2.28. The predicted molar refractivity (Wildman–Crippen MR) is 72.6 cm³/mol. The van der Waals surface area contributed by atoms with Crippen LogP contribution in [0.25, 0.3) is 11.5 Å². The zero-order valence-electron chi connectivity index (χ0n) is 9.77. The third-order valence-corrected chi connectivity index (χ3v) is 2.76. The summed E-state index contributed by atoms with van der Waals surface area (Å²) >= 11 is 11.9. The van der Waals surface area contributed by atoms with Crippen LogP contribution in [0.2, 0.25) is 10.0 Å². The van der Waals surface area contributed by atoms with Crippen LogP contribution in [0, 0.1) is 0 Å². The Morgan fingerprint density at radius 3 is 2.78 bits per heavy atom. The minimum Gasteiger partial charge on any atom is -0.328 e. The maximum absolute atomic E-state index is 6.07. The van der Waals surface area contributed by atoms with E-state index in [0.717, 1.165) is 5.69 Å². The molecular weight excluding hydrogens is 271 g/mol. The molecule has 0 aromatic carbocycles. The fraction of sp³-hybridized carbons (Fsp3) is 0.250. The number of pyridine rings is 1. The molecular formula is C12H12Cl2N4. The van der Waals surface area contributed by atoms with E-state index in [1.807, 2.05) is 13.0 Å². The van der Waals surface area contributed by atoms with Gasteiger partial charge in [-0.1, -0.05) is 23.2 Å². The van der Waals surface area contributed by atoms with Crippen LogP contribution in [0.3, 0.4) is 0 Å². The van der Waals surface area contributed by atoms with Crippen LogP contribution in [0.5, 0.6) is 0 Å². The molecule has 1 atom stereocenters. The van der Waals surface area contributed by atoms with E-state index in [2.05, 4.69) is 15.0 Å². The van der Waals surface area contributed by atoms with Crippen LogP contribution in [0.1, 0.15) is 12.6 Å². The Balaban J connectivity index is 2.38. The lowest BCUT2D eigenvalue weighted by Gasteiger charge is -2.06. The first-order valence-corrected chi connectivity index (χ1v) is 6.21. The third-order valence-electron chi connectivity index (χ3n) is 2.26. The van der Waals surface area contributed by atoms with E-state index >= 15 is 0 Å². The number of nitrogens with two attached hydrogens (primary N) is 1. The van der Waals surface area contributed by atoms with Gasteiger partial charge in [0.25, 0.3) is 0 Å². The zero-order valence-corrected chi connectivity index (χ0v) is 11.3. The van der Waals surface area contributed by atoms with Crippen LogP contribution < -0.4 is 5.73 Å². The molecule has 0 spiro atoms. The van der Waals surface area contributed by atoms with Crippen molar-refractivity contribution in [3.05, 3.63) is 40.3 Å². The Morgan fingerprint density at radius 1 is 1.33 bits per heavy atom. The minimum atomic E-state index is 0.0430. The van der Waals surface area contributed by atoms with Crippen molar-refractivity contribution in [3.8, 4) is 11.5 Å². The van der Waals surface area contributed by atoms with Crippen molar-refractivity contribution >= 4 is 23.2 Å². The Labute approximate surface area is 115 Å². The van der Waals surface area contributed by atoms with Crippen molar-refractivity contribution in [2.24, 2.45) is 5.73 Å². The summed E-state index contributed by atoms with van der Waals surface area (Å²) in [5, 5.41) is 0.913. The predicted octanol–water partition coefficient (Wildman–Crippen LogP) is 2.74. The molecule has 1 unspecified atom stereocenters. The number of rotatable bonds is 3. The maximum atomic E-state index is 6.07. The van der Waals surface area contributed by atoms with Gasteiger partial charge in [0.1, 0.15) is 5.69 Å². The van der Waals surface area contributed by atoms with Crippen molar-refractivity contribution in [1.82, 2.24) is 15.0 Å². The summed E-state index contributed by atoms with van der Waals surface area (Å²) in [4.78, 5) is 12.7. The first-order valence-electron chi connectivity index (χ1n) is 5.45. The van der Waals surface area contributed by atoms with Gasteiger partial charge in [-0.05, 0) is 19.1 Å². The summed E-state index contributed by atoms with van der Waals surface area (Å²) in [6, 6.07) is 3.49. The Kier molecular flexibility index (Phi) is 4.11. The van der Waals surface area contributed by atoms with Crippen LogP contribution in [-0.4, -0.2) is 21.0 Å². The number of hydrogen-bond donors (Lipinski definition) is 1. The van der Waals surface area contributed by atoms with E-state index in [1.165, 1.54) is 6.20 Å². The lowest BCUT2D eigenvalue weighted by Crippen LogP contribution is -2.18.